The number of rotatable bonds is 17. The molecule has 0 unspecified atom stereocenters. The average Bonchev–Trinajstić information content (AvgIpc) is 4.29. The maximum Gasteiger partial charge on any atom is 0.335 e. The Labute approximate surface area is 449 Å². The molecule has 3 N–H and O–H groups in total. The van der Waals surface area contributed by atoms with E-state index in [1.807, 2.05) is 12.1 Å². The Bertz CT molecular complexity index is 3540. The number of carboxylic acid groups (broad SMARTS) is 1. The molecule has 8 aromatic rings. The van der Waals surface area contributed by atoms with Gasteiger partial charge in [-0.3, -0.25) is 0 Å². The zero-order valence-electron chi connectivity index (χ0n) is 45.6. The van der Waals surface area contributed by atoms with Crippen molar-refractivity contribution in [3.63, 3.8) is 0 Å². The number of benzene rings is 5. The molecule has 8 bridgehead atoms. The Morgan fingerprint density at radius 3 is 1.29 bits per heavy atom. The minimum absolute atomic E-state index is 0.225. The molecule has 0 radical (unpaired) electrons. The van der Waals surface area contributed by atoms with E-state index in [1.54, 1.807) is 12.1 Å². The van der Waals surface area contributed by atoms with Crippen LogP contribution in [0.5, 0.6) is 0 Å². The first-order chi connectivity index (χ1) is 36.9. The van der Waals surface area contributed by atoms with Gasteiger partial charge in [0.25, 0.3) is 0 Å². The van der Waals surface area contributed by atoms with E-state index in [0.29, 0.717) is 0 Å². The van der Waals surface area contributed by atoms with Crippen LogP contribution in [0.1, 0.15) is 143 Å². The second kappa shape index (κ2) is 22.4. The van der Waals surface area contributed by atoms with Gasteiger partial charge in [-0.2, -0.15) is 0 Å². The lowest BCUT2D eigenvalue weighted by molar-refractivity contribution is 0.0697. The summed E-state index contributed by atoms with van der Waals surface area (Å²) in [6, 6.07) is 43.3. The van der Waals surface area contributed by atoms with Crippen molar-refractivity contribution in [2.75, 3.05) is 4.90 Å². The number of nitrogens with zero attached hydrogens (tertiary/aromatic N) is 3. The summed E-state index contributed by atoms with van der Waals surface area (Å²) in [5, 5.41) is 9.94. The molecule has 5 aromatic carbocycles. The molecule has 384 valence electrons. The maximum absolute atomic E-state index is 12.1. The Morgan fingerprint density at radius 1 is 0.447 bits per heavy atom. The number of aromatic carboxylic acids is 1. The number of hydrogen-bond acceptors (Lipinski definition) is 4. The van der Waals surface area contributed by atoms with E-state index in [9.17, 15) is 9.90 Å². The quantitative estimate of drug-likeness (QED) is 0.0790. The summed E-state index contributed by atoms with van der Waals surface area (Å²) >= 11 is 0. The molecule has 76 heavy (non-hydrogen) atoms. The van der Waals surface area contributed by atoms with Gasteiger partial charge in [-0.1, -0.05) is 124 Å². The molecule has 5 heterocycles. The van der Waals surface area contributed by atoms with Gasteiger partial charge in [0.2, 0.25) is 0 Å². The maximum atomic E-state index is 12.1. The number of nitrogens with one attached hydrogen (secondary N) is 2. The standard InChI is InChI=1S/C69H71N5O2/c1-9-11-13-15-17-49-19-27-53(28-20-49)74(54-29-21-50(22-30-54)18-16-14-12-10-2)68-61-37-35-59(72-61)66(63-45(5)39-43(3)40-46(63)6)57-33-31-55(70-57)65(51-23-25-52(26-24-51)69(75)76)56-32-34-58(71-56)67(60-36-38-62(68)73-60)64-47(7)41-44(4)42-48(64)8/h19-42,70,73H,9-18H2,1-8H3,(H,75,76). The van der Waals surface area contributed by atoms with Crippen LogP contribution in [0.3, 0.4) is 0 Å². The van der Waals surface area contributed by atoms with Crippen molar-refractivity contribution in [2.24, 2.45) is 0 Å². The largest absolute Gasteiger partial charge is 0.478 e. The smallest absolute Gasteiger partial charge is 0.335 e. The molecule has 0 saturated carbocycles. The van der Waals surface area contributed by atoms with E-state index in [2.05, 4.69) is 192 Å². The van der Waals surface area contributed by atoms with Gasteiger partial charge in [0.15, 0.2) is 0 Å². The number of unbranched alkanes of at least 4 members (excludes halogenated alkanes) is 6. The van der Waals surface area contributed by atoms with E-state index in [1.165, 1.54) is 73.6 Å². The predicted molar refractivity (Wildman–Crippen MR) is 321 cm³/mol. The predicted octanol–water partition coefficient (Wildman–Crippen LogP) is 18.9. The van der Waals surface area contributed by atoms with Gasteiger partial charge in [0.1, 0.15) is 0 Å². The third kappa shape index (κ3) is 10.6. The van der Waals surface area contributed by atoms with E-state index >= 15 is 0 Å². The highest BCUT2D eigenvalue weighted by atomic mass is 16.4. The number of aromatic amines is 2. The van der Waals surface area contributed by atoms with Crippen molar-refractivity contribution in [3.05, 3.63) is 194 Å². The summed E-state index contributed by atoms with van der Waals surface area (Å²) in [6.07, 6.45) is 20.5. The molecular formula is C69H71N5O2. The van der Waals surface area contributed by atoms with E-state index < -0.39 is 5.97 Å². The summed E-state index contributed by atoms with van der Waals surface area (Å²) in [5.41, 5.74) is 25.8. The van der Waals surface area contributed by atoms with E-state index in [0.717, 1.165) is 130 Å². The first-order valence-corrected chi connectivity index (χ1v) is 27.5. The monoisotopic (exact) mass is 1000 g/mol. The minimum Gasteiger partial charge on any atom is -0.478 e. The zero-order valence-corrected chi connectivity index (χ0v) is 45.6. The Kier molecular flexibility index (Phi) is 15.2. The number of anilines is 3. The van der Waals surface area contributed by atoms with Gasteiger partial charge >= 0.3 is 5.97 Å². The van der Waals surface area contributed by atoms with Crippen molar-refractivity contribution in [1.29, 1.82) is 0 Å². The molecule has 3 aromatic heterocycles. The first-order valence-electron chi connectivity index (χ1n) is 27.5. The molecule has 0 amide bonds. The van der Waals surface area contributed by atoms with Crippen LogP contribution < -0.4 is 4.90 Å². The molecule has 7 nitrogen and oxygen atoms in total. The van der Waals surface area contributed by atoms with Crippen LogP contribution in [-0.4, -0.2) is 31.0 Å². The average molecular weight is 1000 g/mol. The molecule has 0 fully saturated rings. The van der Waals surface area contributed by atoms with Crippen molar-refractivity contribution >= 4 is 69.4 Å². The van der Waals surface area contributed by atoms with E-state index in [-0.39, 0.29) is 5.56 Å². The lowest BCUT2D eigenvalue weighted by Crippen LogP contribution is -2.12. The van der Waals surface area contributed by atoms with Crippen LogP contribution in [0.25, 0.3) is 79.8 Å². The zero-order chi connectivity index (χ0) is 53.0. The summed E-state index contributed by atoms with van der Waals surface area (Å²) < 4.78 is 0. The highest BCUT2D eigenvalue weighted by Gasteiger charge is 2.25. The van der Waals surface area contributed by atoms with Gasteiger partial charge < -0.3 is 20.0 Å². The SMILES string of the molecule is CCCCCCc1ccc(N(c2ccc(CCCCCC)cc2)c2c3nc(c(-c4c(C)cc(C)cc4C)c4ccc([nH]4)c(-c4ccc(C(=O)O)cc4)c4nc(c(-c5c(C)cc(C)cc5C)c5ccc2[nH]5)C=C4)C=C3)cc1. The summed E-state index contributed by atoms with van der Waals surface area (Å²) in [4.78, 5) is 33.8. The van der Waals surface area contributed by atoms with Crippen LogP contribution in [0.4, 0.5) is 17.1 Å². The van der Waals surface area contributed by atoms with Crippen LogP contribution in [0, 0.1) is 41.5 Å². The van der Waals surface area contributed by atoms with Gasteiger partial charge in [-0.25, -0.2) is 14.8 Å². The molecule has 0 spiro atoms. The molecule has 0 saturated heterocycles. The normalized spacial score (nSPS) is 11.9. The lowest BCUT2D eigenvalue weighted by Gasteiger charge is -2.27. The summed E-state index contributed by atoms with van der Waals surface area (Å²) in [7, 11) is 0. The number of H-pyrrole nitrogens is 2. The second-order valence-corrected chi connectivity index (χ2v) is 21.2. The number of carboxylic acids is 1. The van der Waals surface area contributed by atoms with Crippen LogP contribution in [0.15, 0.2) is 121 Å². The molecule has 2 aliphatic rings. The van der Waals surface area contributed by atoms with Gasteiger partial charge in [0, 0.05) is 44.6 Å². The molecule has 0 aliphatic carbocycles. The molecule has 7 heteroatoms. The number of carbonyl (C=O) groups is 1. The highest BCUT2D eigenvalue weighted by molar-refractivity contribution is 6.02. The fourth-order valence-electron chi connectivity index (χ4n) is 11.7. The Hall–Kier alpha value is -8.03. The van der Waals surface area contributed by atoms with Crippen LogP contribution >= 0.6 is 0 Å². The van der Waals surface area contributed by atoms with Crippen molar-refractivity contribution in [2.45, 2.75) is 120 Å². The van der Waals surface area contributed by atoms with Gasteiger partial charge in [-0.15, -0.1) is 0 Å². The molecule has 0 atom stereocenters. The Morgan fingerprint density at radius 2 is 0.842 bits per heavy atom. The molecule has 2 aliphatic heterocycles. The number of fused-ring (bicyclic) bond motifs is 8. The third-order valence-electron chi connectivity index (χ3n) is 15.3. The topological polar surface area (TPSA) is 97.9 Å². The summed E-state index contributed by atoms with van der Waals surface area (Å²) in [6.45, 7) is 17.6. The number of hydrogen-bond donors (Lipinski definition) is 3. The van der Waals surface area contributed by atoms with Crippen molar-refractivity contribution in [1.82, 2.24) is 19.9 Å². The fraction of sp³-hybridized carbons (Fsp3) is 0.261. The first kappa shape index (κ1) is 51.5. The van der Waals surface area contributed by atoms with Crippen LogP contribution in [-0.2, 0) is 12.8 Å². The summed E-state index contributed by atoms with van der Waals surface area (Å²) in [5.74, 6) is -0.968. The Balaban J connectivity index is 1.33. The highest BCUT2D eigenvalue weighted by Crippen LogP contribution is 2.44. The number of aromatic nitrogens is 4. The number of aryl methyl sites for hydroxylation is 8. The second-order valence-electron chi connectivity index (χ2n) is 21.2. The fourth-order valence-corrected chi connectivity index (χ4v) is 11.7. The minimum atomic E-state index is -0.968. The van der Waals surface area contributed by atoms with Crippen LogP contribution in [0.2, 0.25) is 0 Å². The molecule has 10 rings (SSSR count). The van der Waals surface area contributed by atoms with Gasteiger partial charge in [0.05, 0.1) is 39.5 Å². The van der Waals surface area contributed by atoms with Crippen molar-refractivity contribution in [3.8, 4) is 33.4 Å². The lowest BCUT2D eigenvalue weighted by atomic mass is 9.92. The third-order valence-corrected chi connectivity index (χ3v) is 15.3. The van der Waals surface area contributed by atoms with Gasteiger partial charge in [-0.05, 0) is 202 Å². The van der Waals surface area contributed by atoms with E-state index in [4.69, 9.17) is 9.97 Å². The van der Waals surface area contributed by atoms with Crippen molar-refractivity contribution < 1.29 is 9.90 Å². The molecular weight excluding hydrogens is 931 g/mol.